The third-order valence-electron chi connectivity index (χ3n) is 3.78. The van der Waals surface area contributed by atoms with Gasteiger partial charge in [0.1, 0.15) is 5.75 Å². The number of H-pyrrole nitrogens is 1. The normalized spacial score (nSPS) is 12.3. The predicted octanol–water partition coefficient (Wildman–Crippen LogP) is 2.14. The van der Waals surface area contributed by atoms with Crippen molar-refractivity contribution in [2.75, 3.05) is 7.11 Å². The topological polar surface area (TPSA) is 72.1 Å². The maximum atomic E-state index is 12.4. The highest BCUT2D eigenvalue weighted by molar-refractivity contribution is 6.25. The van der Waals surface area contributed by atoms with Gasteiger partial charge in [-0.2, -0.15) is 0 Å². The molecular weight excluding hydrogens is 268 g/mol. The number of benzene rings is 1. The van der Waals surface area contributed by atoms with Crippen LogP contribution in [0.5, 0.6) is 5.75 Å². The molecule has 0 amide bonds. The Balaban J connectivity index is 2.19. The first kappa shape index (κ1) is 11.8. The predicted molar refractivity (Wildman–Crippen MR) is 77.8 cm³/mol. The van der Waals surface area contributed by atoms with Crippen LogP contribution in [0.2, 0.25) is 0 Å². The highest BCUT2D eigenvalue weighted by Crippen LogP contribution is 2.38. The first-order valence-corrected chi connectivity index (χ1v) is 6.44. The summed E-state index contributed by atoms with van der Waals surface area (Å²) in [6.07, 6.45) is 3.18. The first-order chi connectivity index (χ1) is 10.2. The largest absolute Gasteiger partial charge is 0.497 e. The highest BCUT2D eigenvalue weighted by Gasteiger charge is 2.31. The van der Waals surface area contributed by atoms with Gasteiger partial charge in [0.15, 0.2) is 5.78 Å². The average Bonchev–Trinajstić information content (AvgIpc) is 2.81. The van der Waals surface area contributed by atoms with Crippen LogP contribution in [0.15, 0.2) is 41.5 Å². The number of methoxy groups -OCH3 is 1. The maximum absolute atomic E-state index is 12.4. The quantitative estimate of drug-likeness (QED) is 0.579. The van der Waals surface area contributed by atoms with Gasteiger partial charge in [-0.25, -0.2) is 0 Å². The number of ketones is 1. The van der Waals surface area contributed by atoms with E-state index >= 15 is 0 Å². The Morgan fingerprint density at radius 2 is 1.95 bits per heavy atom. The third kappa shape index (κ3) is 1.48. The van der Waals surface area contributed by atoms with Crippen LogP contribution in [0.3, 0.4) is 0 Å². The maximum Gasteiger partial charge on any atom is 0.260 e. The standard InChI is InChI=1S/C16H10N2O3/c1-21-8-2-3-10-12(6-8)18-16(20)14-13(10)11-7-17-5-4-9(11)15(14)19/h2-7H,1H3,(H,18,20). The smallest absolute Gasteiger partial charge is 0.260 e. The van der Waals surface area contributed by atoms with E-state index in [2.05, 4.69) is 9.97 Å². The molecule has 0 radical (unpaired) electrons. The van der Waals surface area contributed by atoms with Crippen molar-refractivity contribution in [2.45, 2.75) is 0 Å². The molecule has 4 rings (SSSR count). The summed E-state index contributed by atoms with van der Waals surface area (Å²) in [5.41, 5.74) is 2.34. The Bertz CT molecular complexity index is 973. The molecule has 1 aliphatic carbocycles. The number of pyridine rings is 2. The van der Waals surface area contributed by atoms with E-state index in [1.807, 2.05) is 6.07 Å². The summed E-state index contributed by atoms with van der Waals surface area (Å²) < 4.78 is 5.17. The fourth-order valence-electron chi connectivity index (χ4n) is 2.83. The summed E-state index contributed by atoms with van der Waals surface area (Å²) in [5.74, 6) is 0.398. The van der Waals surface area contributed by atoms with E-state index in [1.165, 1.54) is 0 Å². The van der Waals surface area contributed by atoms with Crippen molar-refractivity contribution in [3.63, 3.8) is 0 Å². The lowest BCUT2D eigenvalue weighted by atomic mass is 10.0. The molecule has 0 atom stereocenters. The number of ether oxygens (including phenoxy) is 1. The highest BCUT2D eigenvalue weighted by atomic mass is 16.5. The summed E-state index contributed by atoms with van der Waals surface area (Å²) in [4.78, 5) is 31.5. The monoisotopic (exact) mass is 278 g/mol. The number of rotatable bonds is 1. The van der Waals surface area contributed by atoms with Crippen molar-refractivity contribution in [1.29, 1.82) is 0 Å². The molecule has 5 nitrogen and oxygen atoms in total. The Morgan fingerprint density at radius 3 is 2.76 bits per heavy atom. The van der Waals surface area contributed by atoms with E-state index in [0.717, 1.165) is 5.39 Å². The molecule has 102 valence electrons. The van der Waals surface area contributed by atoms with Crippen molar-refractivity contribution in [3.05, 3.63) is 58.1 Å². The molecule has 0 bridgehead atoms. The van der Waals surface area contributed by atoms with Crippen molar-refractivity contribution in [3.8, 4) is 16.9 Å². The zero-order valence-electron chi connectivity index (χ0n) is 11.1. The molecule has 5 heteroatoms. The SMILES string of the molecule is COc1ccc2c3c(c(=O)[nH]c2c1)C(=O)c1ccncc1-3. The minimum atomic E-state index is -0.382. The first-order valence-electron chi connectivity index (χ1n) is 6.44. The third-order valence-corrected chi connectivity index (χ3v) is 3.78. The summed E-state index contributed by atoms with van der Waals surface area (Å²) in [6.45, 7) is 0. The average molecular weight is 278 g/mol. The van der Waals surface area contributed by atoms with Gasteiger partial charge in [0.05, 0.1) is 18.2 Å². The number of carbonyl (C=O) groups excluding carboxylic acids is 1. The van der Waals surface area contributed by atoms with Crippen LogP contribution < -0.4 is 10.3 Å². The zero-order chi connectivity index (χ0) is 14.6. The number of hydrogen-bond donors (Lipinski definition) is 1. The van der Waals surface area contributed by atoms with E-state index in [-0.39, 0.29) is 16.9 Å². The number of nitrogens with one attached hydrogen (secondary N) is 1. The Hall–Kier alpha value is -2.95. The summed E-state index contributed by atoms with van der Waals surface area (Å²) >= 11 is 0. The molecule has 0 unspecified atom stereocenters. The van der Waals surface area contributed by atoms with Gasteiger partial charge in [0.25, 0.3) is 5.56 Å². The van der Waals surface area contributed by atoms with Gasteiger partial charge in [-0.15, -0.1) is 0 Å². The molecule has 21 heavy (non-hydrogen) atoms. The second-order valence-electron chi connectivity index (χ2n) is 4.87. The number of hydrogen-bond acceptors (Lipinski definition) is 4. The lowest BCUT2D eigenvalue weighted by Crippen LogP contribution is -2.16. The Morgan fingerprint density at radius 1 is 1.10 bits per heavy atom. The fourth-order valence-corrected chi connectivity index (χ4v) is 2.83. The van der Waals surface area contributed by atoms with Crippen molar-refractivity contribution in [1.82, 2.24) is 9.97 Å². The molecule has 2 aromatic heterocycles. The Kier molecular flexibility index (Phi) is 2.27. The lowest BCUT2D eigenvalue weighted by Gasteiger charge is -2.07. The van der Waals surface area contributed by atoms with Crippen molar-refractivity contribution >= 4 is 16.7 Å². The number of nitrogens with zero attached hydrogens (tertiary/aromatic N) is 1. The van der Waals surface area contributed by atoms with Gasteiger partial charge >= 0.3 is 0 Å². The summed E-state index contributed by atoms with van der Waals surface area (Å²) in [5, 5.41) is 0.811. The second-order valence-corrected chi connectivity index (χ2v) is 4.87. The molecule has 1 aromatic carbocycles. The molecule has 1 N–H and O–H groups in total. The number of carbonyl (C=O) groups is 1. The molecule has 1 aliphatic rings. The molecule has 0 fully saturated rings. The lowest BCUT2D eigenvalue weighted by molar-refractivity contribution is 0.104. The van der Waals surface area contributed by atoms with E-state index in [1.54, 1.807) is 37.7 Å². The summed E-state index contributed by atoms with van der Waals surface area (Å²) in [7, 11) is 1.56. The van der Waals surface area contributed by atoms with Gasteiger partial charge in [-0.1, -0.05) is 0 Å². The van der Waals surface area contributed by atoms with Crippen LogP contribution >= 0.6 is 0 Å². The van der Waals surface area contributed by atoms with E-state index < -0.39 is 0 Å². The molecule has 0 aliphatic heterocycles. The van der Waals surface area contributed by atoms with Crippen molar-refractivity contribution in [2.24, 2.45) is 0 Å². The van der Waals surface area contributed by atoms with Gasteiger partial charge in [-0.3, -0.25) is 14.6 Å². The van der Waals surface area contributed by atoms with Crippen LogP contribution in [-0.4, -0.2) is 22.9 Å². The molecule has 0 spiro atoms. The number of aromatic nitrogens is 2. The van der Waals surface area contributed by atoms with Gasteiger partial charge in [-0.05, 0) is 18.2 Å². The number of aromatic amines is 1. The molecular formula is C16H10N2O3. The van der Waals surface area contributed by atoms with Crippen LogP contribution in [0.25, 0.3) is 22.0 Å². The van der Waals surface area contributed by atoms with Crippen LogP contribution in [0.4, 0.5) is 0 Å². The van der Waals surface area contributed by atoms with Crippen LogP contribution in [-0.2, 0) is 0 Å². The fraction of sp³-hybridized carbons (Fsp3) is 0.0625. The van der Waals surface area contributed by atoms with Gasteiger partial charge in [0, 0.05) is 40.5 Å². The minimum Gasteiger partial charge on any atom is -0.497 e. The molecule has 0 saturated heterocycles. The van der Waals surface area contributed by atoms with Crippen LogP contribution in [0.1, 0.15) is 15.9 Å². The zero-order valence-corrected chi connectivity index (χ0v) is 11.1. The van der Waals surface area contributed by atoms with Crippen LogP contribution in [0, 0.1) is 0 Å². The molecule has 2 heterocycles. The Labute approximate surface area is 119 Å². The van der Waals surface area contributed by atoms with Gasteiger partial charge < -0.3 is 9.72 Å². The van der Waals surface area contributed by atoms with E-state index in [4.69, 9.17) is 4.74 Å². The molecule has 0 saturated carbocycles. The second kappa shape index (κ2) is 4.02. The number of fused-ring (bicyclic) bond motifs is 5. The molecule has 3 aromatic rings. The van der Waals surface area contributed by atoms with E-state index in [0.29, 0.717) is 28.0 Å². The van der Waals surface area contributed by atoms with Gasteiger partial charge in [0.2, 0.25) is 0 Å². The minimum absolute atomic E-state index is 0.190. The summed E-state index contributed by atoms with van der Waals surface area (Å²) in [6, 6.07) is 7.04. The van der Waals surface area contributed by atoms with Crippen molar-refractivity contribution < 1.29 is 9.53 Å². The van der Waals surface area contributed by atoms with E-state index in [9.17, 15) is 9.59 Å².